The van der Waals surface area contributed by atoms with Gasteiger partial charge in [0.1, 0.15) is 5.75 Å². The maximum absolute atomic E-state index is 5.91. The van der Waals surface area contributed by atoms with E-state index in [2.05, 4.69) is 15.2 Å². The molecule has 2 aromatic carbocycles. The monoisotopic (exact) mass is 392 g/mol. The van der Waals surface area contributed by atoms with Crippen LogP contribution >= 0.6 is 11.8 Å². The summed E-state index contributed by atoms with van der Waals surface area (Å²) in [5.41, 5.74) is 3.09. The van der Waals surface area contributed by atoms with E-state index in [-0.39, 0.29) is 5.25 Å². The summed E-state index contributed by atoms with van der Waals surface area (Å²) < 4.78 is 13.2. The number of ether oxygens (including phenoxy) is 1. The molecule has 2 aromatic heterocycles. The molecule has 28 heavy (non-hydrogen) atoms. The predicted molar refractivity (Wildman–Crippen MR) is 109 cm³/mol. The van der Waals surface area contributed by atoms with Gasteiger partial charge in [-0.1, -0.05) is 29.5 Å². The average Bonchev–Trinajstić information content (AvgIpc) is 3.38. The highest BCUT2D eigenvalue weighted by Crippen LogP contribution is 2.35. The molecule has 0 aliphatic carbocycles. The van der Waals surface area contributed by atoms with Gasteiger partial charge in [0, 0.05) is 23.6 Å². The molecular formula is C21H20N4O2S. The first-order chi connectivity index (χ1) is 13.6. The quantitative estimate of drug-likeness (QED) is 0.426. The van der Waals surface area contributed by atoms with Crippen LogP contribution in [0.4, 0.5) is 0 Å². The number of hydrogen-bond donors (Lipinski definition) is 0. The Morgan fingerprint density at radius 2 is 1.93 bits per heavy atom. The highest BCUT2D eigenvalue weighted by atomic mass is 32.2. The summed E-state index contributed by atoms with van der Waals surface area (Å²) in [6.07, 6.45) is 3.72. The summed E-state index contributed by atoms with van der Waals surface area (Å²) in [5, 5.41) is 9.26. The minimum absolute atomic E-state index is 0.0366. The van der Waals surface area contributed by atoms with Crippen molar-refractivity contribution in [3.05, 3.63) is 72.4 Å². The van der Waals surface area contributed by atoms with E-state index in [1.165, 1.54) is 0 Å². The van der Waals surface area contributed by atoms with Crippen molar-refractivity contribution in [3.8, 4) is 22.9 Å². The van der Waals surface area contributed by atoms with Gasteiger partial charge in [-0.05, 0) is 50.2 Å². The van der Waals surface area contributed by atoms with E-state index >= 15 is 0 Å². The Balaban J connectivity index is 1.53. The lowest BCUT2D eigenvalue weighted by Gasteiger charge is -2.10. The topological polar surface area (TPSA) is 66.0 Å². The number of rotatable bonds is 6. The van der Waals surface area contributed by atoms with E-state index in [1.807, 2.05) is 73.1 Å². The Morgan fingerprint density at radius 1 is 1.11 bits per heavy atom. The summed E-state index contributed by atoms with van der Waals surface area (Å²) >= 11 is 1.57. The summed E-state index contributed by atoms with van der Waals surface area (Å²) in [5.74, 6) is 1.93. The van der Waals surface area contributed by atoms with Crippen LogP contribution in [-0.2, 0) is 0 Å². The van der Waals surface area contributed by atoms with Crippen LogP contribution in [0.1, 0.15) is 23.6 Å². The average molecular weight is 392 g/mol. The Kier molecular flexibility index (Phi) is 5.16. The van der Waals surface area contributed by atoms with Crippen LogP contribution in [0, 0.1) is 6.92 Å². The van der Waals surface area contributed by atoms with E-state index in [1.54, 1.807) is 25.1 Å². The number of aryl methyl sites for hydroxylation is 1. The van der Waals surface area contributed by atoms with Crippen LogP contribution in [0.15, 0.2) is 70.5 Å². The fourth-order valence-electron chi connectivity index (χ4n) is 2.82. The summed E-state index contributed by atoms with van der Waals surface area (Å²) in [6, 6.07) is 15.9. The van der Waals surface area contributed by atoms with E-state index in [4.69, 9.17) is 9.15 Å². The minimum atomic E-state index is -0.0366. The lowest BCUT2D eigenvalue weighted by molar-refractivity contribution is 0.414. The second-order valence-electron chi connectivity index (χ2n) is 6.35. The summed E-state index contributed by atoms with van der Waals surface area (Å²) in [7, 11) is 1.66. The predicted octanol–water partition coefficient (Wildman–Crippen LogP) is 5.09. The molecule has 0 spiro atoms. The lowest BCUT2D eigenvalue weighted by Crippen LogP contribution is -1.97. The van der Waals surface area contributed by atoms with E-state index in [0.717, 1.165) is 27.7 Å². The molecule has 0 amide bonds. The smallest absolute Gasteiger partial charge is 0.247 e. The highest BCUT2D eigenvalue weighted by Gasteiger charge is 2.19. The zero-order valence-corrected chi connectivity index (χ0v) is 16.7. The molecule has 1 unspecified atom stereocenters. The number of nitrogens with zero attached hydrogens (tertiary/aromatic N) is 4. The van der Waals surface area contributed by atoms with Gasteiger partial charge in [-0.3, -0.25) is 4.57 Å². The number of imidazole rings is 1. The number of hydrogen-bond acceptors (Lipinski definition) is 6. The van der Waals surface area contributed by atoms with Crippen molar-refractivity contribution < 1.29 is 9.15 Å². The molecule has 0 N–H and O–H groups in total. The molecule has 0 aliphatic rings. The summed E-state index contributed by atoms with van der Waals surface area (Å²) in [4.78, 5) is 4.48. The van der Waals surface area contributed by atoms with Crippen LogP contribution in [-0.4, -0.2) is 26.9 Å². The zero-order valence-electron chi connectivity index (χ0n) is 15.9. The maximum Gasteiger partial charge on any atom is 0.247 e. The van der Waals surface area contributed by atoms with Crippen molar-refractivity contribution in [2.45, 2.75) is 24.3 Å². The number of benzene rings is 2. The number of aromatic nitrogens is 4. The highest BCUT2D eigenvalue weighted by molar-refractivity contribution is 7.99. The number of methoxy groups -OCH3 is 1. The molecular weight excluding hydrogens is 372 g/mol. The standard InChI is InChI=1S/C21H20N4O2S/c1-14-5-4-6-16(13-14)20-24-23-19(27-20)15(2)28-21-22-11-12-25(21)17-7-9-18(26-3)10-8-17/h4-13,15H,1-3H3. The van der Waals surface area contributed by atoms with Gasteiger partial charge in [0.15, 0.2) is 5.16 Å². The SMILES string of the molecule is COc1ccc(-n2ccnc2SC(C)c2nnc(-c3cccc(C)c3)o2)cc1. The normalized spacial score (nSPS) is 12.1. The van der Waals surface area contributed by atoms with Crippen LogP contribution in [0.5, 0.6) is 5.75 Å². The molecule has 6 nitrogen and oxygen atoms in total. The zero-order chi connectivity index (χ0) is 19.5. The first kappa shape index (κ1) is 18.3. The Morgan fingerprint density at radius 3 is 2.68 bits per heavy atom. The molecule has 0 bridgehead atoms. The van der Waals surface area contributed by atoms with Gasteiger partial charge in [0.05, 0.1) is 12.4 Å². The second-order valence-corrected chi connectivity index (χ2v) is 7.66. The molecule has 2 heterocycles. The van der Waals surface area contributed by atoms with Crippen LogP contribution in [0.25, 0.3) is 17.1 Å². The molecule has 142 valence electrons. The van der Waals surface area contributed by atoms with Gasteiger partial charge in [0.2, 0.25) is 11.8 Å². The Labute approximate surface area is 167 Å². The Bertz CT molecular complexity index is 1070. The molecule has 0 radical (unpaired) electrons. The fourth-order valence-corrected chi connectivity index (χ4v) is 3.73. The van der Waals surface area contributed by atoms with Crippen molar-refractivity contribution in [1.82, 2.24) is 19.7 Å². The van der Waals surface area contributed by atoms with Crippen molar-refractivity contribution in [1.29, 1.82) is 0 Å². The van der Waals surface area contributed by atoms with Crippen LogP contribution < -0.4 is 4.74 Å². The lowest BCUT2D eigenvalue weighted by atomic mass is 10.1. The third kappa shape index (κ3) is 3.80. The Hall–Kier alpha value is -3.06. The van der Waals surface area contributed by atoms with Gasteiger partial charge in [-0.25, -0.2) is 4.98 Å². The van der Waals surface area contributed by atoms with E-state index in [0.29, 0.717) is 11.8 Å². The van der Waals surface area contributed by atoms with Crippen molar-refractivity contribution in [2.75, 3.05) is 7.11 Å². The van der Waals surface area contributed by atoms with Crippen molar-refractivity contribution in [2.24, 2.45) is 0 Å². The molecule has 0 fully saturated rings. The van der Waals surface area contributed by atoms with Gasteiger partial charge in [0.25, 0.3) is 0 Å². The molecule has 7 heteroatoms. The molecule has 4 rings (SSSR count). The van der Waals surface area contributed by atoms with Crippen LogP contribution in [0.2, 0.25) is 0 Å². The first-order valence-corrected chi connectivity index (χ1v) is 9.77. The maximum atomic E-state index is 5.91. The van der Waals surface area contributed by atoms with Crippen LogP contribution in [0.3, 0.4) is 0 Å². The second kappa shape index (κ2) is 7.90. The number of thioether (sulfide) groups is 1. The molecule has 0 saturated heterocycles. The third-order valence-corrected chi connectivity index (χ3v) is 5.36. The largest absolute Gasteiger partial charge is 0.497 e. The van der Waals surface area contributed by atoms with Crippen molar-refractivity contribution in [3.63, 3.8) is 0 Å². The molecule has 0 saturated carbocycles. The van der Waals surface area contributed by atoms with Gasteiger partial charge in [-0.15, -0.1) is 10.2 Å². The van der Waals surface area contributed by atoms with Gasteiger partial charge >= 0.3 is 0 Å². The van der Waals surface area contributed by atoms with E-state index in [9.17, 15) is 0 Å². The van der Waals surface area contributed by atoms with E-state index < -0.39 is 0 Å². The van der Waals surface area contributed by atoms with Crippen molar-refractivity contribution >= 4 is 11.8 Å². The molecule has 1 atom stereocenters. The fraction of sp³-hybridized carbons (Fsp3) is 0.190. The molecule has 4 aromatic rings. The summed E-state index contributed by atoms with van der Waals surface area (Å²) in [6.45, 7) is 4.07. The third-order valence-electron chi connectivity index (χ3n) is 4.29. The van der Waals surface area contributed by atoms with Gasteiger partial charge in [-0.2, -0.15) is 0 Å². The molecule has 0 aliphatic heterocycles. The van der Waals surface area contributed by atoms with Gasteiger partial charge < -0.3 is 9.15 Å². The first-order valence-electron chi connectivity index (χ1n) is 8.89. The minimum Gasteiger partial charge on any atom is -0.497 e.